The molecule has 2 rings (SSSR count). The lowest BCUT2D eigenvalue weighted by Crippen LogP contribution is -2.21. The summed E-state index contributed by atoms with van der Waals surface area (Å²) in [5, 5.41) is 5.60. The maximum atomic E-state index is 12.2. The fourth-order valence-corrected chi connectivity index (χ4v) is 2.74. The molecule has 1 aromatic carbocycles. The third-order valence-electron chi connectivity index (χ3n) is 3.13. The molecule has 0 saturated heterocycles. The second kappa shape index (κ2) is 8.14. The highest BCUT2D eigenvalue weighted by Gasteiger charge is 2.11. The van der Waals surface area contributed by atoms with Gasteiger partial charge in [-0.15, -0.1) is 17.9 Å². The van der Waals surface area contributed by atoms with Crippen molar-refractivity contribution < 1.29 is 9.59 Å². The summed E-state index contributed by atoms with van der Waals surface area (Å²) in [7, 11) is 0. The predicted octanol–water partition coefficient (Wildman–Crippen LogP) is 3.17. The second-order valence-electron chi connectivity index (χ2n) is 4.91. The molecule has 0 bridgehead atoms. The molecular formula is C17H19N3O2S. The fourth-order valence-electron chi connectivity index (χ4n) is 1.90. The first-order chi connectivity index (χ1) is 11.1. The third kappa shape index (κ3) is 4.96. The maximum absolute atomic E-state index is 12.2. The van der Waals surface area contributed by atoms with Gasteiger partial charge in [-0.1, -0.05) is 18.2 Å². The van der Waals surface area contributed by atoms with Gasteiger partial charge in [0.25, 0.3) is 5.91 Å². The Bertz CT molecular complexity index is 709. The molecule has 120 valence electrons. The number of benzene rings is 1. The Morgan fingerprint density at radius 2 is 2.00 bits per heavy atom. The molecule has 1 heterocycles. The summed E-state index contributed by atoms with van der Waals surface area (Å²) in [5.74, 6) is -0.238. The van der Waals surface area contributed by atoms with Gasteiger partial charge in [0.15, 0.2) is 0 Å². The minimum Gasteiger partial charge on any atom is -0.397 e. The van der Waals surface area contributed by atoms with Crippen LogP contribution in [0.25, 0.3) is 0 Å². The average Bonchev–Trinajstić information content (AvgIpc) is 3.02. The molecule has 1 aromatic heterocycles. The second-order valence-corrected chi connectivity index (χ2v) is 6.08. The van der Waals surface area contributed by atoms with Crippen LogP contribution in [-0.4, -0.2) is 11.8 Å². The Balaban J connectivity index is 1.91. The van der Waals surface area contributed by atoms with Crippen molar-refractivity contribution in [3.05, 3.63) is 58.8 Å². The molecule has 0 aliphatic carbocycles. The monoisotopic (exact) mass is 329 g/mol. The number of amides is 2. The predicted molar refractivity (Wildman–Crippen MR) is 94.4 cm³/mol. The number of nitrogens with one attached hydrogen (secondary N) is 2. The number of rotatable bonds is 7. The smallest absolute Gasteiger partial charge is 0.265 e. The van der Waals surface area contributed by atoms with Gasteiger partial charge in [-0.05, 0) is 30.7 Å². The standard InChI is InChI=1S/C17H19N3O2S/c1-2-3-8-16(21)19-11-12-9-10-15(23-12)17(22)20-14-7-5-4-6-13(14)18/h2,4-7,9-10H,1,3,8,11,18H2,(H,19,21)(H,20,22). The molecule has 23 heavy (non-hydrogen) atoms. The average molecular weight is 329 g/mol. The van der Waals surface area contributed by atoms with E-state index >= 15 is 0 Å². The summed E-state index contributed by atoms with van der Waals surface area (Å²) >= 11 is 1.34. The molecule has 2 amide bonds. The zero-order valence-electron chi connectivity index (χ0n) is 12.7. The van der Waals surface area contributed by atoms with Crippen molar-refractivity contribution in [2.45, 2.75) is 19.4 Å². The van der Waals surface area contributed by atoms with E-state index in [1.54, 1.807) is 24.3 Å². The van der Waals surface area contributed by atoms with Crippen molar-refractivity contribution >= 4 is 34.5 Å². The van der Waals surface area contributed by atoms with E-state index in [9.17, 15) is 9.59 Å². The van der Waals surface area contributed by atoms with Gasteiger partial charge in [-0.2, -0.15) is 0 Å². The van der Waals surface area contributed by atoms with E-state index in [2.05, 4.69) is 17.2 Å². The van der Waals surface area contributed by atoms with Gasteiger partial charge in [-0.3, -0.25) is 9.59 Å². The SMILES string of the molecule is C=CCCC(=O)NCc1ccc(C(=O)Nc2ccccc2N)s1. The summed E-state index contributed by atoms with van der Waals surface area (Å²) in [6.45, 7) is 4.00. The van der Waals surface area contributed by atoms with E-state index in [-0.39, 0.29) is 11.8 Å². The van der Waals surface area contributed by atoms with Crippen LogP contribution < -0.4 is 16.4 Å². The number of hydrogen-bond acceptors (Lipinski definition) is 4. The first-order valence-electron chi connectivity index (χ1n) is 7.22. The molecule has 2 aromatic rings. The molecular weight excluding hydrogens is 310 g/mol. The molecule has 0 saturated carbocycles. The lowest BCUT2D eigenvalue weighted by molar-refractivity contribution is -0.121. The molecule has 0 unspecified atom stereocenters. The van der Waals surface area contributed by atoms with Gasteiger partial charge in [-0.25, -0.2) is 0 Å². The van der Waals surface area contributed by atoms with E-state index in [0.717, 1.165) is 4.88 Å². The van der Waals surface area contributed by atoms with Gasteiger partial charge >= 0.3 is 0 Å². The highest BCUT2D eigenvalue weighted by atomic mass is 32.1. The van der Waals surface area contributed by atoms with Crippen LogP contribution in [0.1, 0.15) is 27.4 Å². The number of nitrogen functional groups attached to an aromatic ring is 1. The Labute approximate surface area is 139 Å². The van der Waals surface area contributed by atoms with Crippen LogP contribution in [0.4, 0.5) is 11.4 Å². The minimum atomic E-state index is -0.211. The van der Waals surface area contributed by atoms with E-state index < -0.39 is 0 Å². The fraction of sp³-hybridized carbons (Fsp3) is 0.176. The number of nitrogens with two attached hydrogens (primary N) is 1. The lowest BCUT2D eigenvalue weighted by Gasteiger charge is -2.06. The van der Waals surface area contributed by atoms with Crippen molar-refractivity contribution in [2.24, 2.45) is 0 Å². The van der Waals surface area contributed by atoms with Crippen LogP contribution in [0, 0.1) is 0 Å². The highest BCUT2D eigenvalue weighted by molar-refractivity contribution is 7.14. The quantitative estimate of drug-likeness (QED) is 0.539. The Morgan fingerprint density at radius 1 is 1.22 bits per heavy atom. The van der Waals surface area contributed by atoms with Crippen LogP contribution in [0.15, 0.2) is 49.1 Å². The third-order valence-corrected chi connectivity index (χ3v) is 4.21. The largest absolute Gasteiger partial charge is 0.397 e. The number of para-hydroxylation sites is 2. The first-order valence-corrected chi connectivity index (χ1v) is 8.04. The van der Waals surface area contributed by atoms with E-state index in [0.29, 0.717) is 35.6 Å². The Kier molecular flexibility index (Phi) is 5.94. The molecule has 0 aliphatic rings. The van der Waals surface area contributed by atoms with Crippen molar-refractivity contribution in [2.75, 3.05) is 11.1 Å². The van der Waals surface area contributed by atoms with Gasteiger partial charge in [0.2, 0.25) is 5.91 Å². The number of carbonyl (C=O) groups excluding carboxylic acids is 2. The summed E-state index contributed by atoms with van der Waals surface area (Å²) in [5.41, 5.74) is 6.92. The van der Waals surface area contributed by atoms with Gasteiger partial charge in [0, 0.05) is 11.3 Å². The minimum absolute atomic E-state index is 0.0265. The molecule has 0 radical (unpaired) electrons. The summed E-state index contributed by atoms with van der Waals surface area (Å²) in [6, 6.07) is 10.7. The molecule has 6 heteroatoms. The van der Waals surface area contributed by atoms with Crippen molar-refractivity contribution in [1.82, 2.24) is 5.32 Å². The van der Waals surface area contributed by atoms with Gasteiger partial charge in [0.05, 0.1) is 22.8 Å². The highest BCUT2D eigenvalue weighted by Crippen LogP contribution is 2.21. The number of hydrogen-bond donors (Lipinski definition) is 3. The number of carbonyl (C=O) groups is 2. The van der Waals surface area contributed by atoms with Crippen LogP contribution in [0.2, 0.25) is 0 Å². The zero-order chi connectivity index (χ0) is 16.7. The lowest BCUT2D eigenvalue weighted by atomic mass is 10.2. The molecule has 0 aliphatic heterocycles. The van der Waals surface area contributed by atoms with Gasteiger partial charge < -0.3 is 16.4 Å². The Morgan fingerprint density at radius 3 is 2.74 bits per heavy atom. The first kappa shape index (κ1) is 16.8. The van der Waals surface area contributed by atoms with Crippen LogP contribution in [0.5, 0.6) is 0 Å². The topological polar surface area (TPSA) is 84.2 Å². The number of thiophene rings is 1. The Hall–Kier alpha value is -2.60. The molecule has 0 atom stereocenters. The number of allylic oxidation sites excluding steroid dienone is 1. The summed E-state index contributed by atoms with van der Waals surface area (Å²) in [4.78, 5) is 25.2. The number of anilines is 2. The van der Waals surface area contributed by atoms with Crippen molar-refractivity contribution in [1.29, 1.82) is 0 Å². The summed E-state index contributed by atoms with van der Waals surface area (Å²) in [6.07, 6.45) is 2.79. The van der Waals surface area contributed by atoms with Crippen LogP contribution in [0.3, 0.4) is 0 Å². The van der Waals surface area contributed by atoms with Crippen molar-refractivity contribution in [3.63, 3.8) is 0 Å². The molecule has 5 nitrogen and oxygen atoms in total. The van der Waals surface area contributed by atoms with Crippen LogP contribution in [-0.2, 0) is 11.3 Å². The van der Waals surface area contributed by atoms with Crippen molar-refractivity contribution in [3.8, 4) is 0 Å². The maximum Gasteiger partial charge on any atom is 0.265 e. The van der Waals surface area contributed by atoms with E-state index in [1.807, 2.05) is 18.2 Å². The normalized spacial score (nSPS) is 10.1. The van der Waals surface area contributed by atoms with E-state index in [1.165, 1.54) is 11.3 Å². The van der Waals surface area contributed by atoms with E-state index in [4.69, 9.17) is 5.73 Å². The zero-order valence-corrected chi connectivity index (χ0v) is 13.5. The van der Waals surface area contributed by atoms with Gasteiger partial charge in [0.1, 0.15) is 0 Å². The molecule has 0 fully saturated rings. The van der Waals surface area contributed by atoms with Crippen LogP contribution >= 0.6 is 11.3 Å². The summed E-state index contributed by atoms with van der Waals surface area (Å²) < 4.78 is 0. The molecule has 4 N–H and O–H groups in total. The molecule has 0 spiro atoms.